The maximum Gasteiger partial charge on any atom is 0.0226 e. The molecule has 0 aliphatic rings. The van der Waals surface area contributed by atoms with Gasteiger partial charge >= 0.3 is 0 Å². The highest BCUT2D eigenvalue weighted by molar-refractivity contribution is 4.98. The third-order valence-electron chi connectivity index (χ3n) is 4.40. The van der Waals surface area contributed by atoms with Gasteiger partial charge in [-0.25, -0.2) is 0 Å². The van der Waals surface area contributed by atoms with Crippen molar-refractivity contribution in [3.63, 3.8) is 0 Å². The molecular formula is C12H27N. The van der Waals surface area contributed by atoms with E-state index in [9.17, 15) is 0 Å². The van der Waals surface area contributed by atoms with Crippen molar-refractivity contribution in [1.82, 2.24) is 5.32 Å². The largest absolute Gasteiger partial charge is 0.314 e. The van der Waals surface area contributed by atoms with Crippen LogP contribution in [0.15, 0.2) is 0 Å². The maximum atomic E-state index is 3.56. The predicted molar refractivity (Wildman–Crippen MR) is 61.1 cm³/mol. The second kappa shape index (κ2) is 4.99. The minimum Gasteiger partial charge on any atom is -0.314 e. The van der Waals surface area contributed by atoms with Crippen LogP contribution in [0.5, 0.6) is 0 Å². The highest BCUT2D eigenvalue weighted by Gasteiger charge is 2.41. The molecule has 13 heavy (non-hydrogen) atoms. The molecule has 0 fully saturated rings. The average molecular weight is 185 g/mol. The van der Waals surface area contributed by atoms with Crippen molar-refractivity contribution in [2.24, 2.45) is 5.41 Å². The molecule has 1 N–H and O–H groups in total. The van der Waals surface area contributed by atoms with E-state index >= 15 is 0 Å². The van der Waals surface area contributed by atoms with Crippen molar-refractivity contribution in [3.8, 4) is 0 Å². The molecule has 1 heteroatoms. The fourth-order valence-corrected chi connectivity index (χ4v) is 2.69. The zero-order valence-electron chi connectivity index (χ0n) is 10.3. The van der Waals surface area contributed by atoms with Gasteiger partial charge in [0.15, 0.2) is 0 Å². The van der Waals surface area contributed by atoms with Crippen LogP contribution in [0.1, 0.15) is 60.3 Å². The summed E-state index contributed by atoms with van der Waals surface area (Å²) in [6.45, 7) is 11.6. The summed E-state index contributed by atoms with van der Waals surface area (Å²) in [6, 6.07) is 0. The second-order valence-corrected chi connectivity index (χ2v) is 4.31. The van der Waals surface area contributed by atoms with Crippen LogP contribution in [0.25, 0.3) is 0 Å². The Hall–Kier alpha value is -0.0400. The standard InChI is InChI=1S/C12H27N/c1-7-11(5,8-2)12(9-3,10-4)13-6/h13H,7-10H2,1-6H3. The van der Waals surface area contributed by atoms with Gasteiger partial charge in [0.2, 0.25) is 0 Å². The van der Waals surface area contributed by atoms with Gasteiger partial charge in [-0.15, -0.1) is 0 Å². The van der Waals surface area contributed by atoms with E-state index in [4.69, 9.17) is 0 Å². The first-order valence-corrected chi connectivity index (χ1v) is 5.74. The third kappa shape index (κ3) is 2.07. The molecule has 0 atom stereocenters. The topological polar surface area (TPSA) is 12.0 Å². The van der Waals surface area contributed by atoms with Crippen molar-refractivity contribution >= 4 is 0 Å². The van der Waals surface area contributed by atoms with Crippen molar-refractivity contribution in [3.05, 3.63) is 0 Å². The van der Waals surface area contributed by atoms with E-state index in [1.54, 1.807) is 0 Å². The summed E-state index contributed by atoms with van der Waals surface area (Å²) >= 11 is 0. The molecule has 0 radical (unpaired) electrons. The highest BCUT2D eigenvalue weighted by atomic mass is 15.0. The number of hydrogen-bond donors (Lipinski definition) is 1. The summed E-state index contributed by atoms with van der Waals surface area (Å²) in [6.07, 6.45) is 4.95. The molecule has 0 rings (SSSR count). The molecule has 0 saturated heterocycles. The molecule has 0 amide bonds. The lowest BCUT2D eigenvalue weighted by Gasteiger charge is -2.48. The SMILES string of the molecule is CCC(C)(CC)C(CC)(CC)NC. The molecule has 0 saturated carbocycles. The maximum absolute atomic E-state index is 3.56. The van der Waals surface area contributed by atoms with Crippen molar-refractivity contribution in [2.45, 2.75) is 65.8 Å². The molecule has 0 aromatic rings. The molecule has 0 spiro atoms. The summed E-state index contributed by atoms with van der Waals surface area (Å²) in [4.78, 5) is 0. The lowest BCUT2D eigenvalue weighted by molar-refractivity contribution is 0.0856. The minimum absolute atomic E-state index is 0.330. The van der Waals surface area contributed by atoms with E-state index < -0.39 is 0 Å². The number of rotatable bonds is 6. The Morgan fingerprint density at radius 2 is 1.23 bits per heavy atom. The quantitative estimate of drug-likeness (QED) is 0.667. The van der Waals surface area contributed by atoms with Gasteiger partial charge in [-0.1, -0.05) is 34.6 Å². The first-order chi connectivity index (χ1) is 6.05. The number of hydrogen-bond acceptors (Lipinski definition) is 1. The lowest BCUT2D eigenvalue weighted by Crippen LogP contribution is -2.54. The number of nitrogens with one attached hydrogen (secondary N) is 1. The molecular weight excluding hydrogens is 158 g/mol. The first-order valence-electron chi connectivity index (χ1n) is 5.74. The van der Waals surface area contributed by atoms with Crippen molar-refractivity contribution < 1.29 is 0 Å². The Labute approximate surface area is 84.3 Å². The summed E-state index contributed by atoms with van der Waals surface area (Å²) in [5, 5.41) is 3.56. The van der Waals surface area contributed by atoms with Gasteiger partial charge in [-0.3, -0.25) is 0 Å². The molecule has 0 unspecified atom stereocenters. The van der Waals surface area contributed by atoms with Crippen LogP contribution < -0.4 is 5.32 Å². The fourth-order valence-electron chi connectivity index (χ4n) is 2.69. The van der Waals surface area contributed by atoms with Gasteiger partial charge in [0.25, 0.3) is 0 Å². The molecule has 0 aromatic carbocycles. The first kappa shape index (κ1) is 13.0. The van der Waals surface area contributed by atoms with Gasteiger partial charge in [-0.05, 0) is 38.1 Å². The van der Waals surface area contributed by atoms with E-state index in [1.165, 1.54) is 25.7 Å². The van der Waals surface area contributed by atoms with Crippen molar-refractivity contribution in [1.29, 1.82) is 0 Å². The zero-order chi connectivity index (χ0) is 10.5. The average Bonchev–Trinajstić information content (AvgIpc) is 2.20. The van der Waals surface area contributed by atoms with Crippen LogP contribution in [-0.2, 0) is 0 Å². The fraction of sp³-hybridized carbons (Fsp3) is 1.00. The second-order valence-electron chi connectivity index (χ2n) is 4.31. The molecule has 0 aliphatic heterocycles. The third-order valence-corrected chi connectivity index (χ3v) is 4.40. The van der Waals surface area contributed by atoms with Crippen LogP contribution in [0.4, 0.5) is 0 Å². The van der Waals surface area contributed by atoms with E-state index in [1.807, 2.05) is 0 Å². The Balaban J connectivity index is 4.87. The summed E-state index contributed by atoms with van der Waals surface area (Å²) in [7, 11) is 2.11. The Morgan fingerprint density at radius 1 is 0.846 bits per heavy atom. The molecule has 0 aliphatic carbocycles. The van der Waals surface area contributed by atoms with Gasteiger partial charge in [-0.2, -0.15) is 0 Å². The van der Waals surface area contributed by atoms with E-state index in [0.717, 1.165) is 0 Å². The Bertz CT molecular complexity index is 124. The summed E-state index contributed by atoms with van der Waals surface area (Å²) in [5.41, 5.74) is 0.766. The molecule has 1 nitrogen and oxygen atoms in total. The molecule has 0 heterocycles. The normalized spacial score (nSPS) is 13.4. The van der Waals surface area contributed by atoms with E-state index in [0.29, 0.717) is 11.0 Å². The van der Waals surface area contributed by atoms with Crippen LogP contribution in [0, 0.1) is 5.41 Å². The monoisotopic (exact) mass is 185 g/mol. The summed E-state index contributed by atoms with van der Waals surface area (Å²) < 4.78 is 0. The van der Waals surface area contributed by atoms with Gasteiger partial charge in [0.1, 0.15) is 0 Å². The molecule has 80 valence electrons. The Kier molecular flexibility index (Phi) is 4.98. The van der Waals surface area contributed by atoms with Crippen LogP contribution in [0.3, 0.4) is 0 Å². The van der Waals surface area contributed by atoms with Crippen molar-refractivity contribution in [2.75, 3.05) is 7.05 Å². The van der Waals surface area contributed by atoms with Crippen LogP contribution in [0.2, 0.25) is 0 Å². The predicted octanol–water partition coefficient (Wildman–Crippen LogP) is 3.59. The highest BCUT2D eigenvalue weighted by Crippen LogP contribution is 2.41. The smallest absolute Gasteiger partial charge is 0.0226 e. The lowest BCUT2D eigenvalue weighted by atomic mass is 9.64. The zero-order valence-corrected chi connectivity index (χ0v) is 10.3. The van der Waals surface area contributed by atoms with Crippen LogP contribution in [-0.4, -0.2) is 12.6 Å². The van der Waals surface area contributed by atoms with Gasteiger partial charge < -0.3 is 5.32 Å². The Morgan fingerprint density at radius 3 is 1.31 bits per heavy atom. The van der Waals surface area contributed by atoms with Gasteiger partial charge in [0.05, 0.1) is 0 Å². The van der Waals surface area contributed by atoms with E-state index in [2.05, 4.69) is 47.0 Å². The summed E-state index contributed by atoms with van der Waals surface area (Å²) in [5.74, 6) is 0. The molecule has 0 aromatic heterocycles. The molecule has 0 bridgehead atoms. The van der Waals surface area contributed by atoms with Crippen LogP contribution >= 0.6 is 0 Å². The minimum atomic E-state index is 0.330. The van der Waals surface area contributed by atoms with E-state index in [-0.39, 0.29) is 0 Å². The van der Waals surface area contributed by atoms with Gasteiger partial charge in [0, 0.05) is 5.54 Å².